The maximum absolute atomic E-state index is 13.2. The first-order valence-electron chi connectivity index (χ1n) is 6.54. The molecule has 0 radical (unpaired) electrons. The molecule has 0 aliphatic heterocycles. The molecule has 1 N–H and O–H groups in total. The summed E-state index contributed by atoms with van der Waals surface area (Å²) >= 11 is 17.8. The summed E-state index contributed by atoms with van der Waals surface area (Å²) in [5.74, 6) is -0.397. The minimum atomic E-state index is -0.397. The van der Waals surface area contributed by atoms with Gasteiger partial charge in [-0.15, -0.1) is 0 Å². The maximum Gasteiger partial charge on any atom is 0.141 e. The molecule has 0 saturated carbocycles. The molecule has 0 aromatic heterocycles. The summed E-state index contributed by atoms with van der Waals surface area (Å²) in [6.07, 6.45) is 1.54. The van der Waals surface area contributed by atoms with Crippen LogP contribution in [0.2, 0.25) is 15.1 Å². The molecule has 21 heavy (non-hydrogen) atoms. The van der Waals surface area contributed by atoms with E-state index in [0.29, 0.717) is 10.0 Å². The third-order valence-corrected chi connectivity index (χ3v) is 4.37. The number of benzene rings is 2. The van der Waals surface area contributed by atoms with Crippen LogP contribution in [0.1, 0.15) is 11.1 Å². The van der Waals surface area contributed by atoms with Crippen LogP contribution in [0.15, 0.2) is 36.4 Å². The summed E-state index contributed by atoms with van der Waals surface area (Å²) in [4.78, 5) is 0. The third kappa shape index (κ3) is 4.58. The number of likely N-dealkylation sites (N-methyl/N-ethyl adjacent to an activating group) is 1. The van der Waals surface area contributed by atoms with E-state index >= 15 is 0 Å². The fourth-order valence-electron chi connectivity index (χ4n) is 2.18. The van der Waals surface area contributed by atoms with Gasteiger partial charge in [-0.25, -0.2) is 4.39 Å². The highest BCUT2D eigenvalue weighted by Crippen LogP contribution is 2.24. The minimum absolute atomic E-state index is 0.150. The fourth-order valence-corrected chi connectivity index (χ4v) is 2.70. The number of nitrogens with one attached hydrogen (secondary N) is 1. The molecule has 5 heteroatoms. The van der Waals surface area contributed by atoms with Crippen LogP contribution in [0.25, 0.3) is 0 Å². The normalized spacial score (nSPS) is 12.4. The van der Waals surface area contributed by atoms with Gasteiger partial charge in [-0.2, -0.15) is 0 Å². The number of rotatable bonds is 5. The number of hydrogen-bond acceptors (Lipinski definition) is 1. The molecule has 0 aliphatic rings. The summed E-state index contributed by atoms with van der Waals surface area (Å²) in [5.41, 5.74) is 2.08. The van der Waals surface area contributed by atoms with Gasteiger partial charge in [-0.1, -0.05) is 46.9 Å². The summed E-state index contributed by atoms with van der Waals surface area (Å²) in [7, 11) is 1.90. The monoisotopic (exact) mass is 345 g/mol. The van der Waals surface area contributed by atoms with Gasteiger partial charge in [0.2, 0.25) is 0 Å². The average Bonchev–Trinajstić information content (AvgIpc) is 2.46. The lowest BCUT2D eigenvalue weighted by Crippen LogP contribution is -2.29. The molecule has 2 rings (SSSR count). The molecule has 1 nitrogen and oxygen atoms in total. The standard InChI is InChI=1S/C16H15Cl3FN/c1-21-12(6-10-2-4-13(17)14(18)8-10)7-11-3-5-16(20)15(19)9-11/h2-5,8-9,12,21H,6-7H2,1H3. The van der Waals surface area contributed by atoms with Crippen LogP contribution in [0, 0.1) is 5.82 Å². The predicted molar refractivity (Wildman–Crippen MR) is 88.1 cm³/mol. The van der Waals surface area contributed by atoms with Gasteiger partial charge in [0.25, 0.3) is 0 Å². The van der Waals surface area contributed by atoms with E-state index in [1.807, 2.05) is 19.2 Å². The van der Waals surface area contributed by atoms with Crippen LogP contribution in [-0.2, 0) is 12.8 Å². The first kappa shape index (κ1) is 16.6. The Morgan fingerprint density at radius 2 is 1.48 bits per heavy atom. The van der Waals surface area contributed by atoms with Crippen LogP contribution in [0.3, 0.4) is 0 Å². The van der Waals surface area contributed by atoms with Gasteiger partial charge in [-0.05, 0) is 55.3 Å². The Morgan fingerprint density at radius 1 is 0.905 bits per heavy atom. The van der Waals surface area contributed by atoms with Crippen LogP contribution in [0.4, 0.5) is 4.39 Å². The fraction of sp³-hybridized carbons (Fsp3) is 0.250. The zero-order valence-electron chi connectivity index (χ0n) is 11.5. The Labute approximate surface area is 139 Å². The Kier molecular flexibility index (Phi) is 5.88. The van der Waals surface area contributed by atoms with E-state index in [4.69, 9.17) is 34.8 Å². The summed E-state index contributed by atoms with van der Waals surface area (Å²) in [5, 5.41) is 4.50. The van der Waals surface area contributed by atoms with E-state index in [9.17, 15) is 4.39 Å². The summed E-state index contributed by atoms with van der Waals surface area (Å²) in [6, 6.07) is 10.6. The van der Waals surface area contributed by atoms with Crippen molar-refractivity contribution < 1.29 is 4.39 Å². The Morgan fingerprint density at radius 3 is 2.00 bits per heavy atom. The maximum atomic E-state index is 13.2. The number of hydrogen-bond donors (Lipinski definition) is 1. The molecular formula is C16H15Cl3FN. The lowest BCUT2D eigenvalue weighted by atomic mass is 9.99. The van der Waals surface area contributed by atoms with E-state index in [1.165, 1.54) is 6.07 Å². The first-order valence-corrected chi connectivity index (χ1v) is 7.68. The Bertz CT molecular complexity index is 577. The quantitative estimate of drug-likeness (QED) is 0.788. The van der Waals surface area contributed by atoms with E-state index in [2.05, 4.69) is 5.32 Å². The van der Waals surface area contributed by atoms with E-state index < -0.39 is 5.82 Å². The zero-order chi connectivity index (χ0) is 15.4. The second-order valence-electron chi connectivity index (χ2n) is 4.89. The molecule has 0 heterocycles. The van der Waals surface area contributed by atoms with Gasteiger partial charge >= 0.3 is 0 Å². The van der Waals surface area contributed by atoms with Gasteiger partial charge in [-0.3, -0.25) is 0 Å². The van der Waals surface area contributed by atoms with Crippen LogP contribution < -0.4 is 5.32 Å². The molecule has 2 aromatic rings. The molecule has 1 unspecified atom stereocenters. The Hall–Kier alpha value is -0.800. The van der Waals surface area contributed by atoms with Crippen LogP contribution in [0.5, 0.6) is 0 Å². The van der Waals surface area contributed by atoms with Gasteiger partial charge in [0.1, 0.15) is 5.82 Å². The van der Waals surface area contributed by atoms with Crippen molar-refractivity contribution in [1.29, 1.82) is 0 Å². The molecule has 1 atom stereocenters. The molecular weight excluding hydrogens is 332 g/mol. The molecule has 0 amide bonds. The van der Waals surface area contributed by atoms with E-state index in [0.717, 1.165) is 24.0 Å². The second kappa shape index (κ2) is 7.46. The highest BCUT2D eigenvalue weighted by atomic mass is 35.5. The highest BCUT2D eigenvalue weighted by molar-refractivity contribution is 6.42. The molecule has 0 saturated heterocycles. The van der Waals surface area contributed by atoms with Crippen molar-refractivity contribution >= 4 is 34.8 Å². The van der Waals surface area contributed by atoms with Crippen LogP contribution >= 0.6 is 34.8 Å². The summed E-state index contributed by atoms with van der Waals surface area (Å²) in [6.45, 7) is 0. The van der Waals surface area contributed by atoms with Gasteiger partial charge < -0.3 is 5.32 Å². The lowest BCUT2D eigenvalue weighted by Gasteiger charge is -2.17. The molecule has 0 spiro atoms. The first-order chi connectivity index (χ1) is 9.99. The molecule has 112 valence electrons. The predicted octanol–water partition coefficient (Wildman–Crippen LogP) is 5.16. The van der Waals surface area contributed by atoms with Gasteiger partial charge in [0.05, 0.1) is 15.1 Å². The molecule has 0 fully saturated rings. The molecule has 0 aliphatic carbocycles. The minimum Gasteiger partial charge on any atom is -0.316 e. The smallest absolute Gasteiger partial charge is 0.141 e. The average molecular weight is 347 g/mol. The van der Waals surface area contributed by atoms with Crippen molar-refractivity contribution in [3.63, 3.8) is 0 Å². The van der Waals surface area contributed by atoms with Gasteiger partial charge in [0, 0.05) is 6.04 Å². The lowest BCUT2D eigenvalue weighted by molar-refractivity contribution is 0.555. The topological polar surface area (TPSA) is 12.0 Å². The van der Waals surface area contributed by atoms with E-state index in [-0.39, 0.29) is 11.1 Å². The van der Waals surface area contributed by atoms with Crippen molar-refractivity contribution in [3.05, 3.63) is 68.4 Å². The summed E-state index contributed by atoms with van der Waals surface area (Å²) < 4.78 is 13.2. The van der Waals surface area contributed by atoms with E-state index in [1.54, 1.807) is 18.2 Å². The van der Waals surface area contributed by atoms with Crippen molar-refractivity contribution in [1.82, 2.24) is 5.32 Å². The van der Waals surface area contributed by atoms with Crippen molar-refractivity contribution in [2.24, 2.45) is 0 Å². The number of halogens is 4. The van der Waals surface area contributed by atoms with Crippen LogP contribution in [-0.4, -0.2) is 13.1 Å². The van der Waals surface area contributed by atoms with Crippen molar-refractivity contribution in [3.8, 4) is 0 Å². The van der Waals surface area contributed by atoms with Gasteiger partial charge in [0.15, 0.2) is 0 Å². The zero-order valence-corrected chi connectivity index (χ0v) is 13.7. The van der Waals surface area contributed by atoms with Crippen molar-refractivity contribution in [2.45, 2.75) is 18.9 Å². The largest absolute Gasteiger partial charge is 0.316 e. The molecule has 2 aromatic carbocycles. The highest BCUT2D eigenvalue weighted by Gasteiger charge is 2.11. The Balaban J connectivity index is 2.08. The second-order valence-corrected chi connectivity index (χ2v) is 6.11. The SMILES string of the molecule is CNC(Cc1ccc(F)c(Cl)c1)Cc1ccc(Cl)c(Cl)c1. The third-order valence-electron chi connectivity index (χ3n) is 3.34. The molecule has 0 bridgehead atoms. The van der Waals surface area contributed by atoms with Crippen molar-refractivity contribution in [2.75, 3.05) is 7.05 Å².